The number of benzene rings is 2. The van der Waals surface area contributed by atoms with Gasteiger partial charge in [-0.15, -0.1) is 0 Å². The Bertz CT molecular complexity index is 752. The Labute approximate surface area is 126 Å². The number of nitro groups is 1. The summed E-state index contributed by atoms with van der Waals surface area (Å²) in [6, 6.07) is 10.8. The molecule has 0 saturated carbocycles. The van der Waals surface area contributed by atoms with E-state index in [0.29, 0.717) is 16.9 Å². The van der Waals surface area contributed by atoms with Gasteiger partial charge in [0.05, 0.1) is 17.6 Å². The fourth-order valence-electron chi connectivity index (χ4n) is 1.92. The molecule has 0 aromatic heterocycles. The average Bonchev–Trinajstić information content (AvgIpc) is 2.52. The maximum absolute atomic E-state index is 11.3. The highest BCUT2D eigenvalue weighted by atomic mass is 16.6. The Morgan fingerprint density at radius 3 is 2.64 bits per heavy atom. The van der Waals surface area contributed by atoms with Gasteiger partial charge in [-0.05, 0) is 23.3 Å². The number of ether oxygens (including phenoxy) is 1. The highest BCUT2D eigenvalue weighted by Crippen LogP contribution is 2.21. The van der Waals surface area contributed by atoms with E-state index in [2.05, 4.69) is 0 Å². The fourth-order valence-corrected chi connectivity index (χ4v) is 1.92. The first-order valence-electron chi connectivity index (χ1n) is 6.35. The molecule has 1 N–H and O–H groups in total. The standard InChI is InChI=1S/C16H13NO5/c1-22-14-8-7-12(15(10-14)16(18)19)6-5-11-3-2-4-13(9-11)17(20)21/h2-10H,1H3,(H,18,19). The molecule has 0 radical (unpaired) electrons. The molecule has 6 nitrogen and oxygen atoms in total. The first-order chi connectivity index (χ1) is 10.5. The zero-order valence-corrected chi connectivity index (χ0v) is 11.7. The van der Waals surface area contributed by atoms with Crippen LogP contribution in [-0.4, -0.2) is 23.1 Å². The summed E-state index contributed by atoms with van der Waals surface area (Å²) in [5, 5.41) is 20.0. The quantitative estimate of drug-likeness (QED) is 0.518. The number of carboxylic acid groups (broad SMARTS) is 1. The van der Waals surface area contributed by atoms with Crippen molar-refractivity contribution in [2.24, 2.45) is 0 Å². The summed E-state index contributed by atoms with van der Waals surface area (Å²) < 4.78 is 5.00. The van der Waals surface area contributed by atoms with Crippen LogP contribution in [0.3, 0.4) is 0 Å². The zero-order chi connectivity index (χ0) is 16.1. The molecule has 22 heavy (non-hydrogen) atoms. The predicted octanol–water partition coefficient (Wildman–Crippen LogP) is 3.47. The molecule has 6 heteroatoms. The minimum atomic E-state index is -1.07. The first kappa shape index (κ1) is 15.2. The van der Waals surface area contributed by atoms with Crippen LogP contribution in [0.5, 0.6) is 5.75 Å². The second-order valence-electron chi connectivity index (χ2n) is 4.44. The Morgan fingerprint density at radius 1 is 1.23 bits per heavy atom. The van der Waals surface area contributed by atoms with E-state index < -0.39 is 10.9 Å². The van der Waals surface area contributed by atoms with Gasteiger partial charge in [-0.3, -0.25) is 10.1 Å². The Kier molecular flexibility index (Phi) is 4.53. The lowest BCUT2D eigenvalue weighted by molar-refractivity contribution is -0.384. The van der Waals surface area contributed by atoms with E-state index in [-0.39, 0.29) is 11.3 Å². The predicted molar refractivity (Wildman–Crippen MR) is 82.0 cm³/mol. The molecule has 112 valence electrons. The number of nitrogens with zero attached hydrogens (tertiary/aromatic N) is 1. The highest BCUT2D eigenvalue weighted by Gasteiger charge is 2.10. The van der Waals surface area contributed by atoms with E-state index in [1.165, 1.54) is 25.3 Å². The summed E-state index contributed by atoms with van der Waals surface area (Å²) in [6.07, 6.45) is 3.23. The molecule has 0 fully saturated rings. The summed E-state index contributed by atoms with van der Waals surface area (Å²) >= 11 is 0. The number of hydrogen-bond donors (Lipinski definition) is 1. The van der Waals surface area contributed by atoms with Crippen LogP contribution in [0, 0.1) is 10.1 Å². The molecule has 0 bridgehead atoms. The van der Waals surface area contributed by atoms with Crippen LogP contribution < -0.4 is 4.74 Å². The van der Waals surface area contributed by atoms with Crippen molar-refractivity contribution in [1.29, 1.82) is 0 Å². The summed E-state index contributed by atoms with van der Waals surface area (Å²) in [4.78, 5) is 21.5. The minimum Gasteiger partial charge on any atom is -0.497 e. The molecule has 0 heterocycles. The normalized spacial score (nSPS) is 10.6. The summed E-state index contributed by atoms with van der Waals surface area (Å²) in [7, 11) is 1.46. The van der Waals surface area contributed by atoms with Crippen LogP contribution in [0.4, 0.5) is 5.69 Å². The first-order valence-corrected chi connectivity index (χ1v) is 6.35. The summed E-state index contributed by atoms with van der Waals surface area (Å²) in [5.74, 6) is -0.623. The van der Waals surface area contributed by atoms with E-state index in [4.69, 9.17) is 4.74 Å². The molecule has 0 unspecified atom stereocenters. The topological polar surface area (TPSA) is 89.7 Å². The van der Waals surface area contributed by atoms with Crippen molar-refractivity contribution in [2.45, 2.75) is 0 Å². The second kappa shape index (κ2) is 6.53. The van der Waals surface area contributed by atoms with Crippen LogP contribution in [0.2, 0.25) is 0 Å². The number of non-ortho nitro benzene ring substituents is 1. The van der Waals surface area contributed by atoms with Crippen LogP contribution in [0.15, 0.2) is 42.5 Å². The van der Waals surface area contributed by atoms with Crippen molar-refractivity contribution in [3.8, 4) is 5.75 Å². The third-order valence-corrected chi connectivity index (χ3v) is 3.03. The van der Waals surface area contributed by atoms with E-state index in [1.54, 1.807) is 36.4 Å². The van der Waals surface area contributed by atoms with Gasteiger partial charge < -0.3 is 9.84 Å². The summed E-state index contributed by atoms with van der Waals surface area (Å²) in [6.45, 7) is 0. The van der Waals surface area contributed by atoms with Crippen LogP contribution in [-0.2, 0) is 0 Å². The van der Waals surface area contributed by atoms with Crippen LogP contribution >= 0.6 is 0 Å². The van der Waals surface area contributed by atoms with E-state index in [0.717, 1.165) is 0 Å². The molecule has 2 aromatic rings. The van der Waals surface area contributed by atoms with Crippen molar-refractivity contribution in [3.63, 3.8) is 0 Å². The van der Waals surface area contributed by atoms with Gasteiger partial charge in [0.25, 0.3) is 5.69 Å². The number of aromatic carboxylic acids is 1. The molecule has 2 aromatic carbocycles. The number of rotatable bonds is 5. The molecule has 2 rings (SSSR count). The third kappa shape index (κ3) is 3.49. The SMILES string of the molecule is COc1ccc(C=Cc2cccc([N+](=O)[O-])c2)c(C(=O)O)c1. The molecule has 0 amide bonds. The molecule has 0 aliphatic heterocycles. The summed E-state index contributed by atoms with van der Waals surface area (Å²) in [5.41, 5.74) is 1.18. The van der Waals surface area contributed by atoms with E-state index >= 15 is 0 Å². The number of carboxylic acids is 1. The largest absolute Gasteiger partial charge is 0.497 e. The van der Waals surface area contributed by atoms with Gasteiger partial charge >= 0.3 is 5.97 Å². The van der Waals surface area contributed by atoms with Crippen molar-refractivity contribution in [3.05, 3.63) is 69.3 Å². The molecule has 0 spiro atoms. The maximum Gasteiger partial charge on any atom is 0.336 e. The van der Waals surface area contributed by atoms with Crippen molar-refractivity contribution < 1.29 is 19.6 Å². The van der Waals surface area contributed by atoms with Gasteiger partial charge in [-0.25, -0.2) is 4.79 Å². The molecule has 0 aliphatic carbocycles. The monoisotopic (exact) mass is 299 g/mol. The van der Waals surface area contributed by atoms with Gasteiger partial charge in [0, 0.05) is 12.1 Å². The highest BCUT2D eigenvalue weighted by molar-refractivity contribution is 5.94. The van der Waals surface area contributed by atoms with Crippen molar-refractivity contribution >= 4 is 23.8 Å². The van der Waals surface area contributed by atoms with Gasteiger partial charge in [0.2, 0.25) is 0 Å². The number of nitro benzene ring substituents is 1. The minimum absolute atomic E-state index is 0.0182. The van der Waals surface area contributed by atoms with Gasteiger partial charge in [-0.2, -0.15) is 0 Å². The lowest BCUT2D eigenvalue weighted by atomic mass is 10.1. The Morgan fingerprint density at radius 2 is 2.00 bits per heavy atom. The maximum atomic E-state index is 11.3. The fraction of sp³-hybridized carbons (Fsp3) is 0.0625. The lowest BCUT2D eigenvalue weighted by Gasteiger charge is -2.05. The molecule has 0 saturated heterocycles. The zero-order valence-electron chi connectivity index (χ0n) is 11.7. The average molecular weight is 299 g/mol. The van der Waals surface area contributed by atoms with Gasteiger partial charge in [-0.1, -0.05) is 30.4 Å². The number of hydrogen-bond acceptors (Lipinski definition) is 4. The molecular weight excluding hydrogens is 286 g/mol. The Balaban J connectivity index is 2.35. The molecule has 0 atom stereocenters. The van der Waals surface area contributed by atoms with Crippen LogP contribution in [0.1, 0.15) is 21.5 Å². The van der Waals surface area contributed by atoms with Crippen molar-refractivity contribution in [2.75, 3.05) is 7.11 Å². The number of carbonyl (C=O) groups is 1. The lowest BCUT2D eigenvalue weighted by Crippen LogP contribution is -2.00. The molecule has 0 aliphatic rings. The van der Waals surface area contributed by atoms with Crippen molar-refractivity contribution in [1.82, 2.24) is 0 Å². The number of methoxy groups -OCH3 is 1. The smallest absolute Gasteiger partial charge is 0.336 e. The van der Waals surface area contributed by atoms with E-state index in [1.807, 2.05) is 0 Å². The Hall–Kier alpha value is -3.15. The second-order valence-corrected chi connectivity index (χ2v) is 4.44. The third-order valence-electron chi connectivity index (χ3n) is 3.03. The molecular formula is C16H13NO5. The van der Waals surface area contributed by atoms with Gasteiger partial charge in [0.15, 0.2) is 0 Å². The van der Waals surface area contributed by atoms with E-state index in [9.17, 15) is 20.0 Å². The van der Waals surface area contributed by atoms with Gasteiger partial charge in [0.1, 0.15) is 5.75 Å². The van der Waals surface area contributed by atoms with Crippen LogP contribution in [0.25, 0.3) is 12.2 Å².